The molecule has 3 heterocycles. The Morgan fingerprint density at radius 3 is 2.85 bits per heavy atom. The molecule has 3 aromatic heterocycles. The molecule has 0 aliphatic carbocycles. The quantitative estimate of drug-likeness (QED) is 0.527. The lowest BCUT2D eigenvalue weighted by Crippen LogP contribution is -2.12. The summed E-state index contributed by atoms with van der Waals surface area (Å²) in [7, 11) is 1.85. The van der Waals surface area contributed by atoms with E-state index in [0.29, 0.717) is 11.4 Å². The Balaban J connectivity index is 1.78. The summed E-state index contributed by atoms with van der Waals surface area (Å²) < 4.78 is 3.60. The topological polar surface area (TPSA) is 81.4 Å². The third kappa shape index (κ3) is 2.28. The van der Waals surface area contributed by atoms with Crippen LogP contribution >= 0.6 is 0 Å². The Bertz CT molecular complexity index is 1370. The first kappa shape index (κ1) is 15.5. The molecule has 132 valence electrons. The number of fused-ring (bicyclic) bond motifs is 2. The number of imidazole rings is 1. The highest BCUT2D eigenvalue weighted by Crippen LogP contribution is 2.26. The van der Waals surface area contributed by atoms with Crippen LogP contribution in [0.4, 0.5) is 0 Å². The number of aromatic nitrogens is 6. The molecule has 27 heavy (non-hydrogen) atoms. The fraction of sp³-hybridized carbons (Fsp3) is 0.100. The van der Waals surface area contributed by atoms with E-state index < -0.39 is 0 Å². The maximum Gasteiger partial charge on any atom is 0.259 e. The van der Waals surface area contributed by atoms with Crippen molar-refractivity contribution in [2.75, 3.05) is 0 Å². The van der Waals surface area contributed by atoms with E-state index in [1.165, 1.54) is 0 Å². The molecule has 0 spiro atoms. The molecule has 0 unspecified atom stereocenters. The summed E-state index contributed by atoms with van der Waals surface area (Å²) in [6, 6.07) is 13.7. The van der Waals surface area contributed by atoms with Crippen molar-refractivity contribution in [3.05, 3.63) is 70.8 Å². The predicted octanol–water partition coefficient (Wildman–Crippen LogP) is 2.97. The summed E-state index contributed by atoms with van der Waals surface area (Å²) in [5.41, 5.74) is 4.72. The van der Waals surface area contributed by atoms with E-state index in [0.717, 1.165) is 33.2 Å². The van der Waals surface area contributed by atoms with E-state index in [2.05, 4.69) is 20.3 Å². The number of hydrogen-bond acceptors (Lipinski definition) is 4. The molecule has 0 radical (unpaired) electrons. The molecule has 0 saturated carbocycles. The number of H-pyrrole nitrogens is 1. The van der Waals surface area contributed by atoms with Gasteiger partial charge in [0.2, 0.25) is 0 Å². The second-order valence-electron chi connectivity index (χ2n) is 6.53. The van der Waals surface area contributed by atoms with Crippen molar-refractivity contribution in [2.45, 2.75) is 6.92 Å². The molecule has 2 aromatic carbocycles. The second-order valence-corrected chi connectivity index (χ2v) is 6.53. The van der Waals surface area contributed by atoms with E-state index in [-0.39, 0.29) is 5.56 Å². The fourth-order valence-corrected chi connectivity index (χ4v) is 3.48. The van der Waals surface area contributed by atoms with E-state index in [1.54, 1.807) is 10.9 Å². The summed E-state index contributed by atoms with van der Waals surface area (Å²) >= 11 is 0. The van der Waals surface area contributed by atoms with Gasteiger partial charge in [-0.15, -0.1) is 5.10 Å². The maximum absolute atomic E-state index is 12.8. The number of nitrogens with one attached hydrogen (secondary N) is 1. The van der Waals surface area contributed by atoms with Crippen molar-refractivity contribution in [2.24, 2.45) is 7.05 Å². The summed E-state index contributed by atoms with van der Waals surface area (Å²) in [5.74, 6) is 0.567. The van der Waals surface area contributed by atoms with Gasteiger partial charge in [0.25, 0.3) is 5.56 Å². The highest BCUT2D eigenvalue weighted by atomic mass is 16.1. The average molecular weight is 356 g/mol. The van der Waals surface area contributed by atoms with Crippen molar-refractivity contribution in [1.29, 1.82) is 0 Å². The minimum Gasteiger partial charge on any atom is -0.321 e. The molecule has 5 rings (SSSR count). The molecular formula is C20H16N6O. The average Bonchev–Trinajstić information content (AvgIpc) is 3.29. The molecule has 5 aromatic rings. The lowest BCUT2D eigenvalue weighted by atomic mass is 10.1. The Labute approximate surface area is 153 Å². The van der Waals surface area contributed by atoms with Gasteiger partial charge in [-0.3, -0.25) is 9.36 Å². The molecule has 0 bridgehead atoms. The molecule has 0 amide bonds. The number of para-hydroxylation sites is 1. The molecule has 0 atom stereocenters. The Kier molecular flexibility index (Phi) is 3.24. The molecule has 0 aliphatic rings. The van der Waals surface area contributed by atoms with Crippen molar-refractivity contribution in [1.82, 2.24) is 29.5 Å². The van der Waals surface area contributed by atoms with Crippen molar-refractivity contribution < 1.29 is 0 Å². The number of rotatable bonds is 2. The number of pyridine rings is 1. The van der Waals surface area contributed by atoms with E-state index >= 15 is 0 Å². The van der Waals surface area contributed by atoms with Gasteiger partial charge in [0, 0.05) is 19.4 Å². The first-order valence-electron chi connectivity index (χ1n) is 8.58. The minimum absolute atomic E-state index is 0.171. The standard InChI is InChI=1S/C20H16N6O/c1-12-5-3-6-13-11-14(20(27)22-17(12)13)19-21-9-10-26(19)16-8-4-7-15-18(16)23-24-25(15)2/h3-11H,1-2H3,(H,22,27). The zero-order valence-corrected chi connectivity index (χ0v) is 14.8. The monoisotopic (exact) mass is 356 g/mol. The molecule has 7 heteroatoms. The number of hydrogen-bond donors (Lipinski definition) is 1. The van der Waals surface area contributed by atoms with E-state index in [9.17, 15) is 4.79 Å². The normalized spacial score (nSPS) is 11.5. The van der Waals surface area contributed by atoms with Crippen LogP contribution < -0.4 is 5.56 Å². The highest BCUT2D eigenvalue weighted by Gasteiger charge is 2.16. The lowest BCUT2D eigenvalue weighted by molar-refractivity contribution is 0.736. The van der Waals surface area contributed by atoms with Crippen molar-refractivity contribution in [3.8, 4) is 17.1 Å². The Morgan fingerprint density at radius 2 is 1.96 bits per heavy atom. The predicted molar refractivity (Wildman–Crippen MR) is 104 cm³/mol. The zero-order valence-electron chi connectivity index (χ0n) is 14.8. The van der Waals surface area contributed by atoms with Gasteiger partial charge in [-0.05, 0) is 36.1 Å². The minimum atomic E-state index is -0.171. The van der Waals surface area contributed by atoms with Crippen molar-refractivity contribution >= 4 is 21.9 Å². The number of benzene rings is 2. The molecule has 0 fully saturated rings. The first-order valence-corrected chi connectivity index (χ1v) is 8.58. The van der Waals surface area contributed by atoms with Crippen LogP contribution in [0.25, 0.3) is 39.0 Å². The van der Waals surface area contributed by atoms with Gasteiger partial charge in [-0.2, -0.15) is 0 Å². The number of nitrogens with zero attached hydrogens (tertiary/aromatic N) is 5. The van der Waals surface area contributed by atoms with Gasteiger partial charge in [-0.1, -0.05) is 29.5 Å². The summed E-state index contributed by atoms with van der Waals surface area (Å²) in [5, 5.41) is 9.34. The van der Waals surface area contributed by atoms with E-state index in [4.69, 9.17) is 0 Å². The van der Waals surface area contributed by atoms with Crippen LogP contribution in [0.3, 0.4) is 0 Å². The highest BCUT2D eigenvalue weighted by molar-refractivity contribution is 5.87. The van der Waals surface area contributed by atoms with Crippen LogP contribution in [0, 0.1) is 6.92 Å². The van der Waals surface area contributed by atoms with Gasteiger partial charge >= 0.3 is 0 Å². The van der Waals surface area contributed by atoms with E-state index in [1.807, 2.05) is 67.2 Å². The second kappa shape index (κ2) is 5.63. The SMILES string of the molecule is Cc1cccc2cc(-c3nccn3-c3cccc4c3nnn4C)c(=O)[nH]c12. The van der Waals surface area contributed by atoms with Crippen LogP contribution in [0.2, 0.25) is 0 Å². The lowest BCUT2D eigenvalue weighted by Gasteiger charge is -2.09. The first-order chi connectivity index (χ1) is 13.1. The third-order valence-corrected chi connectivity index (χ3v) is 4.85. The van der Waals surface area contributed by atoms with Gasteiger partial charge in [-0.25, -0.2) is 9.67 Å². The molecule has 7 nitrogen and oxygen atoms in total. The Hall–Kier alpha value is -3.74. The molecule has 0 aliphatic heterocycles. The van der Waals surface area contributed by atoms with Crippen LogP contribution in [-0.4, -0.2) is 29.5 Å². The largest absolute Gasteiger partial charge is 0.321 e. The fourth-order valence-electron chi connectivity index (χ4n) is 3.48. The zero-order chi connectivity index (χ0) is 18.5. The summed E-state index contributed by atoms with van der Waals surface area (Å²) in [6.07, 6.45) is 3.52. The maximum atomic E-state index is 12.8. The van der Waals surface area contributed by atoms with Crippen LogP contribution in [-0.2, 0) is 7.05 Å². The molecular weight excluding hydrogens is 340 g/mol. The van der Waals surface area contributed by atoms with Gasteiger partial charge in [0.1, 0.15) is 11.3 Å². The third-order valence-electron chi connectivity index (χ3n) is 4.85. The molecule has 0 saturated heterocycles. The van der Waals surface area contributed by atoms with Gasteiger partial charge in [0.15, 0.2) is 0 Å². The summed E-state index contributed by atoms with van der Waals surface area (Å²) in [4.78, 5) is 20.2. The van der Waals surface area contributed by atoms with Crippen LogP contribution in [0.5, 0.6) is 0 Å². The van der Waals surface area contributed by atoms with Crippen molar-refractivity contribution in [3.63, 3.8) is 0 Å². The number of aromatic amines is 1. The van der Waals surface area contributed by atoms with Gasteiger partial charge in [0.05, 0.1) is 22.3 Å². The Morgan fingerprint density at radius 1 is 1.11 bits per heavy atom. The van der Waals surface area contributed by atoms with Crippen LogP contribution in [0.1, 0.15) is 5.56 Å². The van der Waals surface area contributed by atoms with Crippen LogP contribution in [0.15, 0.2) is 59.7 Å². The molecule has 1 N–H and O–H groups in total. The number of aryl methyl sites for hydroxylation is 2. The van der Waals surface area contributed by atoms with Gasteiger partial charge < -0.3 is 4.98 Å². The summed E-state index contributed by atoms with van der Waals surface area (Å²) in [6.45, 7) is 1.98. The smallest absolute Gasteiger partial charge is 0.259 e.